The largest absolute Gasteiger partial charge is 0.353 e. The number of hydrogen-bond donors (Lipinski definition) is 2. The molecule has 0 aliphatic heterocycles. The van der Waals surface area contributed by atoms with Crippen molar-refractivity contribution in [2.75, 3.05) is 18.4 Å². The van der Waals surface area contributed by atoms with E-state index in [1.165, 1.54) is 0 Å². The molecule has 0 saturated carbocycles. The Hall–Kier alpha value is -1.20. The van der Waals surface area contributed by atoms with Gasteiger partial charge in [0.1, 0.15) is 0 Å². The van der Waals surface area contributed by atoms with Crippen molar-refractivity contribution in [1.29, 1.82) is 0 Å². The van der Waals surface area contributed by atoms with Crippen molar-refractivity contribution >= 4 is 32.8 Å². The SMILES string of the molecule is CC(C)(C)NCCNc1ncc2cc(Br)ccc2n1. The first-order valence-corrected chi connectivity index (χ1v) is 7.14. The summed E-state index contributed by atoms with van der Waals surface area (Å²) in [6, 6.07) is 5.99. The first-order chi connectivity index (χ1) is 8.94. The molecule has 0 amide bonds. The Morgan fingerprint density at radius 2 is 2.00 bits per heavy atom. The zero-order valence-corrected chi connectivity index (χ0v) is 13.1. The maximum atomic E-state index is 4.48. The maximum absolute atomic E-state index is 4.48. The molecular weight excluding hydrogens is 304 g/mol. The van der Waals surface area contributed by atoms with Gasteiger partial charge in [-0.05, 0) is 39.0 Å². The topological polar surface area (TPSA) is 49.8 Å². The molecule has 102 valence electrons. The van der Waals surface area contributed by atoms with Crippen LogP contribution in [0.4, 0.5) is 5.95 Å². The first-order valence-electron chi connectivity index (χ1n) is 6.35. The van der Waals surface area contributed by atoms with Crippen molar-refractivity contribution in [3.8, 4) is 0 Å². The van der Waals surface area contributed by atoms with Gasteiger partial charge >= 0.3 is 0 Å². The van der Waals surface area contributed by atoms with Gasteiger partial charge in [0.15, 0.2) is 0 Å². The van der Waals surface area contributed by atoms with Gasteiger partial charge in [-0.15, -0.1) is 0 Å². The molecule has 4 nitrogen and oxygen atoms in total. The minimum Gasteiger partial charge on any atom is -0.353 e. The second kappa shape index (κ2) is 5.84. The van der Waals surface area contributed by atoms with E-state index >= 15 is 0 Å². The summed E-state index contributed by atoms with van der Waals surface area (Å²) < 4.78 is 1.04. The van der Waals surface area contributed by atoms with Crippen LogP contribution in [0, 0.1) is 0 Å². The van der Waals surface area contributed by atoms with Crippen molar-refractivity contribution in [2.45, 2.75) is 26.3 Å². The van der Waals surface area contributed by atoms with Crippen LogP contribution < -0.4 is 10.6 Å². The van der Waals surface area contributed by atoms with Crippen molar-refractivity contribution in [3.05, 3.63) is 28.9 Å². The Balaban J connectivity index is 1.96. The lowest BCUT2D eigenvalue weighted by atomic mass is 10.1. The molecule has 0 atom stereocenters. The molecule has 0 radical (unpaired) electrons. The number of nitrogens with one attached hydrogen (secondary N) is 2. The fourth-order valence-electron chi connectivity index (χ4n) is 1.70. The third-order valence-electron chi connectivity index (χ3n) is 2.61. The molecule has 0 saturated heterocycles. The number of aromatic nitrogens is 2. The van der Waals surface area contributed by atoms with Crippen LogP contribution in [0.25, 0.3) is 10.9 Å². The minimum atomic E-state index is 0.137. The van der Waals surface area contributed by atoms with E-state index in [0.29, 0.717) is 5.95 Å². The molecule has 1 aromatic carbocycles. The molecule has 0 unspecified atom stereocenters. The summed E-state index contributed by atoms with van der Waals surface area (Å²) in [5.74, 6) is 0.672. The van der Waals surface area contributed by atoms with Gasteiger partial charge < -0.3 is 10.6 Å². The van der Waals surface area contributed by atoms with Crippen LogP contribution in [-0.4, -0.2) is 28.6 Å². The highest BCUT2D eigenvalue weighted by molar-refractivity contribution is 9.10. The molecule has 0 fully saturated rings. The predicted molar refractivity (Wildman–Crippen MR) is 83.5 cm³/mol. The van der Waals surface area contributed by atoms with E-state index < -0.39 is 0 Å². The van der Waals surface area contributed by atoms with E-state index in [0.717, 1.165) is 28.5 Å². The Morgan fingerprint density at radius 3 is 2.74 bits per heavy atom. The van der Waals surface area contributed by atoms with Crippen molar-refractivity contribution in [3.63, 3.8) is 0 Å². The Morgan fingerprint density at radius 1 is 1.21 bits per heavy atom. The van der Waals surface area contributed by atoms with Gasteiger partial charge in [-0.25, -0.2) is 9.97 Å². The van der Waals surface area contributed by atoms with Crippen LogP contribution in [0.2, 0.25) is 0 Å². The number of nitrogens with zero attached hydrogens (tertiary/aromatic N) is 2. The lowest BCUT2D eigenvalue weighted by Crippen LogP contribution is -2.38. The number of hydrogen-bond acceptors (Lipinski definition) is 4. The number of halogens is 1. The van der Waals surface area contributed by atoms with E-state index in [1.807, 2.05) is 24.4 Å². The fourth-order valence-corrected chi connectivity index (χ4v) is 2.08. The summed E-state index contributed by atoms with van der Waals surface area (Å²) >= 11 is 3.44. The number of benzene rings is 1. The lowest BCUT2D eigenvalue weighted by molar-refractivity contribution is 0.435. The van der Waals surface area contributed by atoms with E-state index in [-0.39, 0.29) is 5.54 Å². The molecule has 1 heterocycles. The molecule has 2 aromatic rings. The Kier molecular flexibility index (Phi) is 4.37. The van der Waals surface area contributed by atoms with E-state index in [2.05, 4.69) is 57.3 Å². The van der Waals surface area contributed by atoms with E-state index in [9.17, 15) is 0 Å². The highest BCUT2D eigenvalue weighted by Crippen LogP contribution is 2.18. The summed E-state index contributed by atoms with van der Waals surface area (Å²) in [6.45, 7) is 8.14. The smallest absolute Gasteiger partial charge is 0.223 e. The molecule has 5 heteroatoms. The average Bonchev–Trinajstić information content (AvgIpc) is 2.33. The average molecular weight is 323 g/mol. The highest BCUT2D eigenvalue weighted by Gasteiger charge is 2.07. The number of fused-ring (bicyclic) bond motifs is 1. The van der Waals surface area contributed by atoms with Crippen LogP contribution in [-0.2, 0) is 0 Å². The molecular formula is C14H19BrN4. The van der Waals surface area contributed by atoms with Crippen LogP contribution in [0.1, 0.15) is 20.8 Å². The summed E-state index contributed by atoms with van der Waals surface area (Å²) in [5, 5.41) is 7.67. The molecule has 1 aromatic heterocycles. The normalized spacial score (nSPS) is 11.8. The van der Waals surface area contributed by atoms with Gasteiger partial charge in [-0.1, -0.05) is 15.9 Å². The summed E-state index contributed by atoms with van der Waals surface area (Å²) in [7, 11) is 0. The van der Waals surface area contributed by atoms with Gasteiger partial charge in [0.2, 0.25) is 5.95 Å². The molecule has 2 N–H and O–H groups in total. The molecule has 19 heavy (non-hydrogen) atoms. The Bertz CT molecular complexity index is 563. The molecule has 0 aliphatic carbocycles. The fraction of sp³-hybridized carbons (Fsp3) is 0.429. The van der Waals surface area contributed by atoms with Crippen LogP contribution in [0.3, 0.4) is 0 Å². The third kappa shape index (κ3) is 4.44. The van der Waals surface area contributed by atoms with Crippen LogP contribution in [0.15, 0.2) is 28.9 Å². The van der Waals surface area contributed by atoms with Crippen molar-refractivity contribution in [2.24, 2.45) is 0 Å². The standard InChI is InChI=1S/C14H19BrN4/c1-14(2,3)18-7-6-16-13-17-9-10-8-11(15)4-5-12(10)19-13/h4-5,8-9,18H,6-7H2,1-3H3,(H,16,17,19). The highest BCUT2D eigenvalue weighted by atomic mass is 79.9. The molecule has 2 rings (SSSR count). The quantitative estimate of drug-likeness (QED) is 0.849. The summed E-state index contributed by atoms with van der Waals surface area (Å²) in [6.07, 6.45) is 1.84. The van der Waals surface area contributed by atoms with Gasteiger partial charge in [-0.3, -0.25) is 0 Å². The summed E-state index contributed by atoms with van der Waals surface area (Å²) in [4.78, 5) is 8.79. The van der Waals surface area contributed by atoms with Crippen molar-refractivity contribution < 1.29 is 0 Å². The van der Waals surface area contributed by atoms with E-state index in [4.69, 9.17) is 0 Å². The second-order valence-electron chi connectivity index (χ2n) is 5.50. The number of rotatable bonds is 4. The molecule has 0 bridgehead atoms. The number of anilines is 1. The molecule has 0 spiro atoms. The van der Waals surface area contributed by atoms with Gasteiger partial charge in [-0.2, -0.15) is 0 Å². The van der Waals surface area contributed by atoms with Crippen LogP contribution >= 0.6 is 15.9 Å². The van der Waals surface area contributed by atoms with Crippen molar-refractivity contribution in [1.82, 2.24) is 15.3 Å². The zero-order chi connectivity index (χ0) is 13.9. The summed E-state index contributed by atoms with van der Waals surface area (Å²) in [5.41, 5.74) is 1.09. The predicted octanol–water partition coefficient (Wildman–Crippen LogP) is 3.19. The minimum absolute atomic E-state index is 0.137. The maximum Gasteiger partial charge on any atom is 0.223 e. The second-order valence-corrected chi connectivity index (χ2v) is 6.42. The zero-order valence-electron chi connectivity index (χ0n) is 11.5. The third-order valence-corrected chi connectivity index (χ3v) is 3.10. The molecule has 0 aliphatic rings. The Labute approximate surface area is 122 Å². The first kappa shape index (κ1) is 14.2. The van der Waals surface area contributed by atoms with Crippen LogP contribution in [0.5, 0.6) is 0 Å². The lowest BCUT2D eigenvalue weighted by Gasteiger charge is -2.20. The van der Waals surface area contributed by atoms with Gasteiger partial charge in [0.05, 0.1) is 5.52 Å². The van der Waals surface area contributed by atoms with Gasteiger partial charge in [0, 0.05) is 34.7 Å². The van der Waals surface area contributed by atoms with Gasteiger partial charge in [0.25, 0.3) is 0 Å². The monoisotopic (exact) mass is 322 g/mol. The van der Waals surface area contributed by atoms with E-state index in [1.54, 1.807) is 0 Å².